The molecule has 1 aromatic rings. The zero-order valence-electron chi connectivity index (χ0n) is 13.9. The van der Waals surface area contributed by atoms with Crippen LogP contribution >= 0.6 is 12.4 Å². The van der Waals surface area contributed by atoms with Crippen molar-refractivity contribution in [3.63, 3.8) is 0 Å². The highest BCUT2D eigenvalue weighted by Crippen LogP contribution is 2.41. The minimum Gasteiger partial charge on any atom is -0.354 e. The van der Waals surface area contributed by atoms with Crippen LogP contribution in [0.2, 0.25) is 0 Å². The van der Waals surface area contributed by atoms with Gasteiger partial charge in [-0.15, -0.1) is 12.4 Å². The molecule has 0 unspecified atom stereocenters. The molecule has 2 rings (SSSR count). The van der Waals surface area contributed by atoms with Crippen LogP contribution in [0.5, 0.6) is 0 Å². The zero-order chi connectivity index (χ0) is 15.5. The van der Waals surface area contributed by atoms with Gasteiger partial charge < -0.3 is 11.1 Å². The summed E-state index contributed by atoms with van der Waals surface area (Å²) in [7, 11) is 0. The Labute approximate surface area is 140 Å². The molecule has 22 heavy (non-hydrogen) atoms. The molecule has 0 saturated heterocycles. The fraction of sp³-hybridized carbons (Fsp3) is 0.611. The highest BCUT2D eigenvalue weighted by atomic mass is 35.5. The maximum Gasteiger partial charge on any atom is 0.230 e. The van der Waals surface area contributed by atoms with Crippen LogP contribution in [0.1, 0.15) is 57.1 Å². The Morgan fingerprint density at radius 2 is 1.82 bits per heavy atom. The van der Waals surface area contributed by atoms with Crippen molar-refractivity contribution in [3.8, 4) is 0 Å². The van der Waals surface area contributed by atoms with E-state index >= 15 is 0 Å². The van der Waals surface area contributed by atoms with Crippen LogP contribution in [0, 0.1) is 6.92 Å². The number of hydrogen-bond acceptors (Lipinski definition) is 2. The Morgan fingerprint density at radius 1 is 1.23 bits per heavy atom. The van der Waals surface area contributed by atoms with Crippen LogP contribution < -0.4 is 11.1 Å². The van der Waals surface area contributed by atoms with Crippen LogP contribution in [0.4, 0.5) is 0 Å². The summed E-state index contributed by atoms with van der Waals surface area (Å²) in [5, 5.41) is 3.09. The lowest BCUT2D eigenvalue weighted by atomic mass is 9.67. The molecule has 0 heterocycles. The highest BCUT2D eigenvalue weighted by Gasteiger charge is 2.41. The molecule has 1 aliphatic rings. The molecular weight excluding hydrogens is 296 g/mol. The van der Waals surface area contributed by atoms with Crippen molar-refractivity contribution in [1.29, 1.82) is 0 Å². The topological polar surface area (TPSA) is 55.1 Å². The second kappa shape index (κ2) is 7.47. The van der Waals surface area contributed by atoms with E-state index < -0.39 is 0 Å². The molecule has 1 aliphatic carbocycles. The van der Waals surface area contributed by atoms with Crippen molar-refractivity contribution in [1.82, 2.24) is 5.32 Å². The molecule has 3 nitrogen and oxygen atoms in total. The van der Waals surface area contributed by atoms with Gasteiger partial charge in [0.1, 0.15) is 0 Å². The summed E-state index contributed by atoms with van der Waals surface area (Å²) in [6.45, 7) is 6.49. The molecule has 0 aromatic heterocycles. The van der Waals surface area contributed by atoms with Gasteiger partial charge in [-0.05, 0) is 44.7 Å². The van der Waals surface area contributed by atoms with Gasteiger partial charge >= 0.3 is 0 Å². The summed E-state index contributed by atoms with van der Waals surface area (Å²) in [5.41, 5.74) is 7.67. The third-order valence-corrected chi connectivity index (χ3v) is 4.51. The molecule has 0 bridgehead atoms. The first-order valence-electron chi connectivity index (χ1n) is 7.98. The van der Waals surface area contributed by atoms with Crippen LogP contribution in [0.15, 0.2) is 24.3 Å². The molecule has 1 aromatic carbocycles. The van der Waals surface area contributed by atoms with E-state index in [0.717, 1.165) is 25.7 Å². The molecule has 1 fully saturated rings. The fourth-order valence-electron chi connectivity index (χ4n) is 3.36. The first-order chi connectivity index (χ1) is 9.85. The number of hydrogen-bond donors (Lipinski definition) is 2. The summed E-state index contributed by atoms with van der Waals surface area (Å²) in [4.78, 5) is 13.0. The summed E-state index contributed by atoms with van der Waals surface area (Å²) >= 11 is 0. The first-order valence-corrected chi connectivity index (χ1v) is 7.98. The number of rotatable bonds is 4. The van der Waals surface area contributed by atoms with Crippen molar-refractivity contribution in [2.75, 3.05) is 6.54 Å². The zero-order valence-corrected chi connectivity index (χ0v) is 14.8. The van der Waals surface area contributed by atoms with Gasteiger partial charge in [0.15, 0.2) is 0 Å². The maximum atomic E-state index is 13.0. The lowest BCUT2D eigenvalue weighted by molar-refractivity contribution is -0.128. The van der Waals surface area contributed by atoms with Crippen molar-refractivity contribution in [3.05, 3.63) is 35.4 Å². The first kappa shape index (κ1) is 19.0. The predicted octanol–water partition coefficient (Wildman–Crippen LogP) is 3.47. The van der Waals surface area contributed by atoms with Crippen molar-refractivity contribution < 1.29 is 4.79 Å². The van der Waals surface area contributed by atoms with E-state index in [4.69, 9.17) is 5.73 Å². The molecule has 4 heteroatoms. The van der Waals surface area contributed by atoms with Gasteiger partial charge in [-0.1, -0.05) is 43.5 Å². The van der Waals surface area contributed by atoms with Crippen LogP contribution in [-0.4, -0.2) is 18.0 Å². The van der Waals surface area contributed by atoms with Crippen molar-refractivity contribution in [2.24, 2.45) is 5.73 Å². The van der Waals surface area contributed by atoms with E-state index in [1.807, 2.05) is 26.0 Å². The quantitative estimate of drug-likeness (QED) is 0.891. The van der Waals surface area contributed by atoms with E-state index in [9.17, 15) is 4.79 Å². The lowest BCUT2D eigenvalue weighted by Gasteiger charge is -2.38. The molecule has 1 saturated carbocycles. The number of nitrogens with one attached hydrogen (secondary N) is 1. The highest BCUT2D eigenvalue weighted by molar-refractivity contribution is 5.88. The Balaban J connectivity index is 0.00000242. The SMILES string of the molecule is Cc1ccccc1C1(C(=O)NCC(C)(C)N)CCCCC1.Cl. The van der Waals surface area contributed by atoms with E-state index in [-0.39, 0.29) is 29.3 Å². The summed E-state index contributed by atoms with van der Waals surface area (Å²) in [5.74, 6) is 0.148. The number of nitrogens with two attached hydrogens (primary N) is 1. The van der Waals surface area contributed by atoms with E-state index in [1.54, 1.807) is 0 Å². The second-order valence-corrected chi connectivity index (χ2v) is 7.13. The monoisotopic (exact) mass is 324 g/mol. The van der Waals surface area contributed by atoms with E-state index in [0.29, 0.717) is 6.54 Å². The van der Waals surface area contributed by atoms with Crippen molar-refractivity contribution >= 4 is 18.3 Å². The number of aryl methyl sites for hydroxylation is 1. The third-order valence-electron chi connectivity index (χ3n) is 4.51. The predicted molar refractivity (Wildman–Crippen MR) is 94.5 cm³/mol. The molecule has 3 N–H and O–H groups in total. The molecule has 0 radical (unpaired) electrons. The molecule has 124 valence electrons. The number of carbonyl (C=O) groups is 1. The van der Waals surface area contributed by atoms with Gasteiger partial charge in [-0.3, -0.25) is 4.79 Å². The number of amides is 1. The maximum absolute atomic E-state index is 13.0. The lowest BCUT2D eigenvalue weighted by Crippen LogP contribution is -2.52. The van der Waals surface area contributed by atoms with Gasteiger partial charge in [0.2, 0.25) is 5.91 Å². The third kappa shape index (κ3) is 4.23. The van der Waals surface area contributed by atoms with Gasteiger partial charge in [0.05, 0.1) is 5.41 Å². The average Bonchev–Trinajstić information content (AvgIpc) is 2.45. The fourth-order valence-corrected chi connectivity index (χ4v) is 3.36. The molecular formula is C18H29ClN2O. The summed E-state index contributed by atoms with van der Waals surface area (Å²) in [6.07, 6.45) is 5.34. The van der Waals surface area contributed by atoms with Gasteiger partial charge in [0, 0.05) is 12.1 Å². The largest absolute Gasteiger partial charge is 0.354 e. The second-order valence-electron chi connectivity index (χ2n) is 7.13. The molecule has 0 spiro atoms. The van der Waals surface area contributed by atoms with Crippen LogP contribution in [-0.2, 0) is 10.2 Å². The van der Waals surface area contributed by atoms with E-state index in [2.05, 4.69) is 24.4 Å². The number of halogens is 1. The van der Waals surface area contributed by atoms with Crippen LogP contribution in [0.3, 0.4) is 0 Å². The Kier molecular flexibility index (Phi) is 6.45. The van der Waals surface area contributed by atoms with Gasteiger partial charge in [0.25, 0.3) is 0 Å². The van der Waals surface area contributed by atoms with Crippen LogP contribution in [0.25, 0.3) is 0 Å². The molecule has 0 atom stereocenters. The summed E-state index contributed by atoms with van der Waals surface area (Å²) in [6, 6.07) is 8.30. The molecule has 1 amide bonds. The normalized spacial score (nSPS) is 17.5. The standard InChI is InChI=1S/C18H28N2O.ClH/c1-14-9-5-6-10-15(14)18(11-7-4-8-12-18)16(21)20-13-17(2,3)19;/h5-6,9-10H,4,7-8,11-13,19H2,1-3H3,(H,20,21);1H. The van der Waals surface area contributed by atoms with Gasteiger partial charge in [-0.2, -0.15) is 0 Å². The minimum atomic E-state index is -0.378. The minimum absolute atomic E-state index is 0. The average molecular weight is 325 g/mol. The Morgan fingerprint density at radius 3 is 2.36 bits per heavy atom. The van der Waals surface area contributed by atoms with Crippen molar-refractivity contribution in [2.45, 2.75) is 63.8 Å². The smallest absolute Gasteiger partial charge is 0.230 e. The number of carbonyl (C=O) groups excluding carboxylic acids is 1. The Hall–Kier alpha value is -1.06. The van der Waals surface area contributed by atoms with Gasteiger partial charge in [-0.25, -0.2) is 0 Å². The summed E-state index contributed by atoms with van der Waals surface area (Å²) < 4.78 is 0. The molecule has 0 aliphatic heterocycles. The number of benzene rings is 1. The van der Waals surface area contributed by atoms with E-state index in [1.165, 1.54) is 17.5 Å². The Bertz CT molecular complexity index is 502.